The third kappa shape index (κ3) is 9.55. The number of esters is 4. The number of hydrogen-bond donors (Lipinski definition) is 0. The molecule has 2 aromatic heterocycles. The number of aromatic nitrogens is 2. The average molecular weight is 623 g/mol. The number of pyridine rings is 2. The maximum absolute atomic E-state index is 12.0. The lowest BCUT2D eigenvalue weighted by Crippen LogP contribution is -2.63. The van der Waals surface area contributed by atoms with Crippen molar-refractivity contribution in [2.45, 2.75) is 58.4 Å². The van der Waals surface area contributed by atoms with E-state index in [4.69, 9.17) is 33.2 Å². The predicted octanol–water partition coefficient (Wildman–Crippen LogP) is 3.29. The van der Waals surface area contributed by atoms with Gasteiger partial charge in [0.2, 0.25) is 0 Å². The summed E-state index contributed by atoms with van der Waals surface area (Å²) in [4.78, 5) is 55.7. The first-order valence-corrected chi connectivity index (χ1v) is 14.1. The quantitative estimate of drug-likeness (QED) is 0.165. The lowest BCUT2D eigenvalue weighted by Gasteiger charge is -2.44. The van der Waals surface area contributed by atoms with Gasteiger partial charge in [0.05, 0.1) is 6.61 Å². The number of nitrogens with zero attached hydrogens (tertiary/aromatic N) is 2. The van der Waals surface area contributed by atoms with E-state index < -0.39 is 54.6 Å². The van der Waals surface area contributed by atoms with E-state index in [0.29, 0.717) is 5.75 Å². The predicted molar refractivity (Wildman–Crippen MR) is 156 cm³/mol. The van der Waals surface area contributed by atoms with Crippen LogP contribution in [0.3, 0.4) is 0 Å². The lowest BCUT2D eigenvalue weighted by molar-refractivity contribution is -0.308. The van der Waals surface area contributed by atoms with E-state index in [1.54, 1.807) is 24.8 Å². The number of benzene rings is 1. The molecule has 13 nitrogen and oxygen atoms in total. The molecule has 1 aromatic carbocycles. The fourth-order valence-corrected chi connectivity index (χ4v) is 4.75. The minimum absolute atomic E-state index is 0.0441. The number of ether oxygens (including phenoxy) is 7. The monoisotopic (exact) mass is 622 g/mol. The first kappa shape index (κ1) is 33.0. The Morgan fingerprint density at radius 1 is 0.644 bits per heavy atom. The van der Waals surface area contributed by atoms with Gasteiger partial charge in [-0.15, -0.1) is 0 Å². The summed E-state index contributed by atoms with van der Waals surface area (Å²) in [5.74, 6) is -2.23. The highest BCUT2D eigenvalue weighted by Crippen LogP contribution is 2.32. The zero-order chi connectivity index (χ0) is 32.3. The Morgan fingerprint density at radius 2 is 1.16 bits per heavy atom. The van der Waals surface area contributed by atoms with Gasteiger partial charge in [0.15, 0.2) is 24.6 Å². The van der Waals surface area contributed by atoms with Crippen LogP contribution < -0.4 is 4.74 Å². The Balaban J connectivity index is 1.54. The first-order valence-electron chi connectivity index (χ1n) is 14.1. The van der Waals surface area contributed by atoms with Gasteiger partial charge in [-0.3, -0.25) is 29.1 Å². The van der Waals surface area contributed by atoms with Crippen molar-refractivity contribution in [3.8, 4) is 28.0 Å². The average Bonchev–Trinajstić information content (AvgIpc) is 3.01. The van der Waals surface area contributed by atoms with E-state index in [9.17, 15) is 19.2 Å². The summed E-state index contributed by atoms with van der Waals surface area (Å²) in [5.41, 5.74) is 3.70. The molecule has 0 aliphatic carbocycles. The summed E-state index contributed by atoms with van der Waals surface area (Å²) >= 11 is 0. The summed E-state index contributed by atoms with van der Waals surface area (Å²) in [6.45, 7) is 4.29. The zero-order valence-corrected chi connectivity index (χ0v) is 25.2. The molecular formula is C32H34N2O11. The summed E-state index contributed by atoms with van der Waals surface area (Å²) in [6.07, 6.45) is 0.491. The van der Waals surface area contributed by atoms with E-state index in [0.717, 1.165) is 43.0 Å². The highest BCUT2D eigenvalue weighted by Gasteiger charge is 2.52. The Kier molecular flexibility index (Phi) is 11.5. The van der Waals surface area contributed by atoms with Crippen LogP contribution in [0, 0.1) is 0 Å². The second-order valence-electron chi connectivity index (χ2n) is 10.0. The molecule has 13 heteroatoms. The minimum atomic E-state index is -1.32. The van der Waals surface area contributed by atoms with Gasteiger partial charge in [-0.25, -0.2) is 0 Å². The van der Waals surface area contributed by atoms with Crippen LogP contribution in [0.25, 0.3) is 22.3 Å². The van der Waals surface area contributed by atoms with Crippen molar-refractivity contribution in [2.24, 2.45) is 0 Å². The summed E-state index contributed by atoms with van der Waals surface area (Å²) < 4.78 is 39.3. The van der Waals surface area contributed by atoms with Crippen molar-refractivity contribution in [3.63, 3.8) is 0 Å². The molecule has 1 aliphatic heterocycles. The second-order valence-corrected chi connectivity index (χ2v) is 10.0. The van der Waals surface area contributed by atoms with Crippen LogP contribution in [0.15, 0.2) is 67.3 Å². The normalized spacial score (nSPS) is 20.8. The zero-order valence-electron chi connectivity index (χ0n) is 25.2. The molecule has 1 saturated heterocycles. The van der Waals surface area contributed by atoms with Crippen molar-refractivity contribution >= 4 is 23.9 Å². The standard InChI is InChI=1S/C32H34N2O11/c1-19(35)41-18-28-29(42-20(2)36)30(43-21(3)37)31(44-22(4)38)32(45-28)40-14-13-39-27-16-25(23-5-9-33-10-6-23)15-26(17-27)24-7-11-34-12-8-24/h5-12,15-17,28-32H,13-14,18H2,1-4H3/t28-,29+,30+,31-,32-/m1/s1. The van der Waals surface area contributed by atoms with Gasteiger partial charge >= 0.3 is 23.9 Å². The molecule has 0 N–H and O–H groups in total. The molecule has 1 aliphatic rings. The van der Waals surface area contributed by atoms with Gasteiger partial charge in [-0.05, 0) is 64.7 Å². The van der Waals surface area contributed by atoms with Gasteiger partial charge in [0, 0.05) is 52.5 Å². The lowest BCUT2D eigenvalue weighted by atomic mass is 9.98. The van der Waals surface area contributed by atoms with Crippen LogP contribution >= 0.6 is 0 Å². The molecule has 3 heterocycles. The van der Waals surface area contributed by atoms with E-state index in [2.05, 4.69) is 9.97 Å². The molecule has 0 bridgehead atoms. The van der Waals surface area contributed by atoms with Crippen LogP contribution in [0.4, 0.5) is 0 Å². The molecule has 238 valence electrons. The van der Waals surface area contributed by atoms with Crippen LogP contribution in [0.1, 0.15) is 27.7 Å². The third-order valence-corrected chi connectivity index (χ3v) is 6.52. The van der Waals surface area contributed by atoms with Crippen LogP contribution in [-0.4, -0.2) is 84.4 Å². The molecular weight excluding hydrogens is 588 g/mol. The van der Waals surface area contributed by atoms with E-state index in [1.165, 1.54) is 6.92 Å². The van der Waals surface area contributed by atoms with Crippen molar-refractivity contribution in [1.82, 2.24) is 9.97 Å². The molecule has 5 atom stereocenters. The van der Waals surface area contributed by atoms with Crippen molar-refractivity contribution in [1.29, 1.82) is 0 Å². The van der Waals surface area contributed by atoms with Crippen LogP contribution in [-0.2, 0) is 47.6 Å². The molecule has 4 rings (SSSR count). The molecule has 45 heavy (non-hydrogen) atoms. The second kappa shape index (κ2) is 15.7. The van der Waals surface area contributed by atoms with Crippen LogP contribution in [0.2, 0.25) is 0 Å². The summed E-state index contributed by atoms with van der Waals surface area (Å²) in [5, 5.41) is 0. The van der Waals surface area contributed by atoms with Crippen molar-refractivity contribution < 1.29 is 52.3 Å². The topological polar surface area (TPSA) is 159 Å². The molecule has 0 amide bonds. The summed E-state index contributed by atoms with van der Waals surface area (Å²) in [7, 11) is 0. The van der Waals surface area contributed by atoms with Gasteiger partial charge in [-0.2, -0.15) is 0 Å². The van der Waals surface area contributed by atoms with E-state index in [-0.39, 0.29) is 19.8 Å². The highest BCUT2D eigenvalue weighted by atomic mass is 16.7. The smallest absolute Gasteiger partial charge is 0.303 e. The molecule has 3 aromatic rings. The van der Waals surface area contributed by atoms with Gasteiger partial charge in [-0.1, -0.05) is 0 Å². The first-order chi connectivity index (χ1) is 21.6. The number of carbonyl (C=O) groups is 4. The van der Waals surface area contributed by atoms with Crippen molar-refractivity contribution in [3.05, 3.63) is 67.3 Å². The van der Waals surface area contributed by atoms with Crippen LogP contribution in [0.5, 0.6) is 5.75 Å². The molecule has 0 radical (unpaired) electrons. The van der Waals surface area contributed by atoms with Gasteiger partial charge in [0.25, 0.3) is 0 Å². The number of hydrogen-bond acceptors (Lipinski definition) is 13. The molecule has 0 saturated carbocycles. The summed E-state index contributed by atoms with van der Waals surface area (Å²) in [6, 6.07) is 13.4. The van der Waals surface area contributed by atoms with E-state index >= 15 is 0 Å². The Bertz CT molecular complexity index is 1410. The Hall–Kier alpha value is -4.88. The Labute approximate surface area is 259 Å². The molecule has 0 spiro atoms. The van der Waals surface area contributed by atoms with Crippen molar-refractivity contribution in [2.75, 3.05) is 19.8 Å². The Morgan fingerprint density at radius 3 is 1.67 bits per heavy atom. The third-order valence-electron chi connectivity index (χ3n) is 6.52. The SMILES string of the molecule is CC(=O)OC[C@H]1O[C@@H](OCCOc2cc(-c3ccncc3)cc(-c3ccncc3)c2)[C@H](OC(C)=O)[C@@H](OC(C)=O)[C@H]1OC(C)=O. The fourth-order valence-electron chi connectivity index (χ4n) is 4.75. The number of carbonyl (C=O) groups excluding carboxylic acids is 4. The van der Waals surface area contributed by atoms with E-state index in [1.807, 2.05) is 42.5 Å². The maximum Gasteiger partial charge on any atom is 0.303 e. The van der Waals surface area contributed by atoms with Gasteiger partial charge < -0.3 is 33.2 Å². The number of rotatable bonds is 12. The maximum atomic E-state index is 12.0. The minimum Gasteiger partial charge on any atom is -0.491 e. The van der Waals surface area contributed by atoms with Gasteiger partial charge in [0.1, 0.15) is 25.1 Å². The fraction of sp³-hybridized carbons (Fsp3) is 0.375. The largest absolute Gasteiger partial charge is 0.491 e. The molecule has 0 unspecified atom stereocenters. The highest BCUT2D eigenvalue weighted by molar-refractivity contribution is 5.75. The molecule has 1 fully saturated rings.